The van der Waals surface area contributed by atoms with Gasteiger partial charge in [-0.05, 0) is 38.0 Å². The molecule has 0 aliphatic carbocycles. The topological polar surface area (TPSA) is 93.8 Å². The average molecular weight is 294 g/mol. The number of ether oxygens (including phenoxy) is 2. The van der Waals surface area contributed by atoms with Crippen LogP contribution in [0.3, 0.4) is 0 Å². The first-order valence-electron chi connectivity index (χ1n) is 7.20. The van der Waals surface area contributed by atoms with Crippen LogP contribution in [0.5, 0.6) is 5.75 Å². The Hall–Kier alpha value is -1.63. The fourth-order valence-electron chi connectivity index (χ4n) is 2.37. The fraction of sp³-hybridized carbons (Fsp3) is 0.533. The molecule has 0 radical (unpaired) electrons. The number of amides is 1. The standard InChI is InChI=1S/C15H22N2O4/c1-2-20-13-5-3-11(7-10(13)9-18)17-15(19)14-6-4-12(8-16)21-14/h3,5,7,12,14,18H,2,4,6,8-9,16H2,1H3,(H,17,19). The van der Waals surface area contributed by atoms with Gasteiger partial charge in [0.1, 0.15) is 11.9 Å². The van der Waals surface area contributed by atoms with E-state index in [1.165, 1.54) is 0 Å². The second kappa shape index (κ2) is 7.40. The number of rotatable bonds is 6. The second-order valence-electron chi connectivity index (χ2n) is 4.96. The Morgan fingerprint density at radius 3 is 2.95 bits per heavy atom. The number of carbonyl (C=O) groups excluding carboxylic acids is 1. The maximum Gasteiger partial charge on any atom is 0.253 e. The SMILES string of the molecule is CCOc1ccc(NC(=O)C2CCC(CN)O2)cc1CO. The molecule has 1 aliphatic rings. The van der Waals surface area contributed by atoms with Crippen molar-refractivity contribution in [2.24, 2.45) is 5.73 Å². The van der Waals surface area contributed by atoms with Crippen LogP contribution in [-0.4, -0.2) is 36.4 Å². The summed E-state index contributed by atoms with van der Waals surface area (Å²) < 4.78 is 11.0. The third kappa shape index (κ3) is 3.93. The van der Waals surface area contributed by atoms with Gasteiger partial charge in [0.25, 0.3) is 5.91 Å². The normalized spacial score (nSPS) is 21.3. The van der Waals surface area contributed by atoms with Crippen molar-refractivity contribution in [1.29, 1.82) is 0 Å². The number of benzene rings is 1. The molecule has 0 bridgehead atoms. The highest BCUT2D eigenvalue weighted by molar-refractivity contribution is 5.94. The lowest BCUT2D eigenvalue weighted by Crippen LogP contribution is -2.29. The molecule has 2 rings (SSSR count). The number of hydrogen-bond donors (Lipinski definition) is 3. The van der Waals surface area contributed by atoms with E-state index in [0.717, 1.165) is 6.42 Å². The van der Waals surface area contributed by atoms with Crippen LogP contribution in [0.1, 0.15) is 25.3 Å². The van der Waals surface area contributed by atoms with Gasteiger partial charge < -0.3 is 25.6 Å². The van der Waals surface area contributed by atoms with E-state index >= 15 is 0 Å². The fourth-order valence-corrected chi connectivity index (χ4v) is 2.37. The zero-order chi connectivity index (χ0) is 15.2. The molecule has 1 fully saturated rings. The summed E-state index contributed by atoms with van der Waals surface area (Å²) in [5.74, 6) is 0.442. The van der Waals surface area contributed by atoms with E-state index in [0.29, 0.717) is 36.6 Å². The highest BCUT2D eigenvalue weighted by Gasteiger charge is 2.29. The Bertz CT molecular complexity index is 493. The third-order valence-electron chi connectivity index (χ3n) is 3.46. The molecule has 6 nitrogen and oxygen atoms in total. The van der Waals surface area contributed by atoms with Crippen molar-refractivity contribution in [2.75, 3.05) is 18.5 Å². The summed E-state index contributed by atoms with van der Waals surface area (Å²) in [6.45, 7) is 2.69. The van der Waals surface area contributed by atoms with Crippen molar-refractivity contribution < 1.29 is 19.4 Å². The minimum atomic E-state index is -0.456. The summed E-state index contributed by atoms with van der Waals surface area (Å²) in [5, 5.41) is 12.2. The lowest BCUT2D eigenvalue weighted by Gasteiger charge is -2.14. The predicted molar refractivity (Wildman–Crippen MR) is 79.1 cm³/mol. The van der Waals surface area contributed by atoms with Crippen molar-refractivity contribution in [1.82, 2.24) is 0 Å². The Balaban J connectivity index is 2.01. The molecular formula is C15H22N2O4. The van der Waals surface area contributed by atoms with E-state index < -0.39 is 6.10 Å². The summed E-state index contributed by atoms with van der Waals surface area (Å²) in [5.41, 5.74) is 6.79. The van der Waals surface area contributed by atoms with Crippen molar-refractivity contribution in [3.8, 4) is 5.75 Å². The Labute approximate surface area is 124 Å². The number of aliphatic hydroxyl groups is 1. The molecular weight excluding hydrogens is 272 g/mol. The lowest BCUT2D eigenvalue weighted by atomic mass is 10.1. The molecule has 1 amide bonds. The molecule has 1 saturated heterocycles. The zero-order valence-corrected chi connectivity index (χ0v) is 12.2. The minimum Gasteiger partial charge on any atom is -0.494 e. The van der Waals surface area contributed by atoms with Crippen LogP contribution in [-0.2, 0) is 16.1 Å². The average Bonchev–Trinajstić information content (AvgIpc) is 2.98. The molecule has 21 heavy (non-hydrogen) atoms. The summed E-state index contributed by atoms with van der Waals surface area (Å²) in [4.78, 5) is 12.1. The van der Waals surface area contributed by atoms with Gasteiger partial charge in [-0.3, -0.25) is 4.79 Å². The van der Waals surface area contributed by atoms with Crippen LogP contribution in [0.2, 0.25) is 0 Å². The predicted octanol–water partition coefficient (Wildman–Crippen LogP) is 1.02. The van der Waals surface area contributed by atoms with Crippen LogP contribution < -0.4 is 15.8 Å². The molecule has 0 saturated carbocycles. The Morgan fingerprint density at radius 2 is 2.33 bits per heavy atom. The molecule has 116 valence electrons. The largest absolute Gasteiger partial charge is 0.494 e. The van der Waals surface area contributed by atoms with Gasteiger partial charge in [-0.2, -0.15) is 0 Å². The first kappa shape index (κ1) is 15.8. The van der Waals surface area contributed by atoms with Crippen molar-refractivity contribution in [2.45, 2.75) is 38.6 Å². The van der Waals surface area contributed by atoms with E-state index in [9.17, 15) is 9.90 Å². The molecule has 1 aromatic rings. The van der Waals surface area contributed by atoms with E-state index in [-0.39, 0.29) is 18.6 Å². The molecule has 1 aromatic carbocycles. The number of anilines is 1. The van der Waals surface area contributed by atoms with Gasteiger partial charge >= 0.3 is 0 Å². The van der Waals surface area contributed by atoms with Crippen LogP contribution >= 0.6 is 0 Å². The van der Waals surface area contributed by atoms with Crippen LogP contribution in [0.25, 0.3) is 0 Å². The summed E-state index contributed by atoms with van der Waals surface area (Å²) in [6, 6.07) is 5.19. The number of carbonyl (C=O) groups is 1. The molecule has 2 atom stereocenters. The Morgan fingerprint density at radius 1 is 1.52 bits per heavy atom. The van der Waals surface area contributed by atoms with E-state index in [1.54, 1.807) is 18.2 Å². The van der Waals surface area contributed by atoms with Crippen molar-refractivity contribution in [3.05, 3.63) is 23.8 Å². The Kier molecular flexibility index (Phi) is 5.55. The molecule has 2 unspecified atom stereocenters. The van der Waals surface area contributed by atoms with E-state index in [1.807, 2.05) is 6.92 Å². The summed E-state index contributed by atoms with van der Waals surface area (Å²) >= 11 is 0. The first-order chi connectivity index (χ1) is 10.2. The number of aliphatic hydroxyl groups excluding tert-OH is 1. The van der Waals surface area contributed by atoms with Crippen LogP contribution in [0, 0.1) is 0 Å². The van der Waals surface area contributed by atoms with Gasteiger partial charge in [0, 0.05) is 17.8 Å². The first-order valence-corrected chi connectivity index (χ1v) is 7.20. The quantitative estimate of drug-likeness (QED) is 0.728. The molecule has 0 aromatic heterocycles. The highest BCUT2D eigenvalue weighted by atomic mass is 16.5. The van der Waals surface area contributed by atoms with E-state index in [4.69, 9.17) is 15.2 Å². The van der Waals surface area contributed by atoms with Crippen LogP contribution in [0.4, 0.5) is 5.69 Å². The van der Waals surface area contributed by atoms with Crippen molar-refractivity contribution >= 4 is 11.6 Å². The van der Waals surface area contributed by atoms with Gasteiger partial charge in [-0.25, -0.2) is 0 Å². The van der Waals surface area contributed by atoms with Gasteiger partial charge in [0.15, 0.2) is 0 Å². The summed E-state index contributed by atoms with van der Waals surface area (Å²) in [6.07, 6.45) is 0.994. The maximum absolute atomic E-state index is 12.1. The second-order valence-corrected chi connectivity index (χ2v) is 4.96. The number of nitrogens with two attached hydrogens (primary N) is 1. The van der Waals surface area contributed by atoms with Gasteiger partial charge in [0.05, 0.1) is 19.3 Å². The van der Waals surface area contributed by atoms with Gasteiger partial charge in [-0.1, -0.05) is 0 Å². The minimum absolute atomic E-state index is 0.0333. The third-order valence-corrected chi connectivity index (χ3v) is 3.46. The van der Waals surface area contributed by atoms with E-state index in [2.05, 4.69) is 5.32 Å². The number of nitrogens with one attached hydrogen (secondary N) is 1. The van der Waals surface area contributed by atoms with Gasteiger partial charge in [-0.15, -0.1) is 0 Å². The molecule has 0 spiro atoms. The molecule has 6 heteroatoms. The maximum atomic E-state index is 12.1. The van der Waals surface area contributed by atoms with Crippen molar-refractivity contribution in [3.63, 3.8) is 0 Å². The number of hydrogen-bond acceptors (Lipinski definition) is 5. The van der Waals surface area contributed by atoms with Gasteiger partial charge in [0.2, 0.25) is 0 Å². The lowest BCUT2D eigenvalue weighted by molar-refractivity contribution is -0.126. The molecule has 4 N–H and O–H groups in total. The highest BCUT2D eigenvalue weighted by Crippen LogP contribution is 2.25. The summed E-state index contributed by atoms with van der Waals surface area (Å²) in [7, 11) is 0. The monoisotopic (exact) mass is 294 g/mol. The molecule has 1 heterocycles. The van der Waals surface area contributed by atoms with Crippen LogP contribution in [0.15, 0.2) is 18.2 Å². The zero-order valence-electron chi connectivity index (χ0n) is 12.2. The molecule has 1 aliphatic heterocycles. The smallest absolute Gasteiger partial charge is 0.253 e.